The van der Waals surface area contributed by atoms with Gasteiger partial charge < -0.3 is 15.0 Å². The third-order valence-corrected chi connectivity index (χ3v) is 3.71. The topological polar surface area (TPSA) is 58.6 Å². The fourth-order valence-corrected chi connectivity index (χ4v) is 2.47. The Balaban J connectivity index is 1.79. The van der Waals surface area contributed by atoms with E-state index in [1.165, 1.54) is 4.90 Å². The normalized spacial score (nSPS) is 20.3. The molecule has 1 aromatic rings. The minimum absolute atomic E-state index is 0.00972. The zero-order chi connectivity index (χ0) is 17.0. The third kappa shape index (κ3) is 4.72. The van der Waals surface area contributed by atoms with E-state index in [2.05, 4.69) is 5.32 Å². The summed E-state index contributed by atoms with van der Waals surface area (Å²) in [4.78, 5) is 25.1. The summed E-state index contributed by atoms with van der Waals surface area (Å²) in [7, 11) is 3.32. The van der Waals surface area contributed by atoms with E-state index in [-0.39, 0.29) is 30.5 Å². The van der Waals surface area contributed by atoms with Crippen LogP contribution in [0.2, 0.25) is 0 Å². The molecule has 0 aromatic heterocycles. The number of nitrogens with one attached hydrogen (secondary N) is 1. The van der Waals surface area contributed by atoms with Gasteiger partial charge in [-0.15, -0.1) is 0 Å². The first-order valence-corrected chi connectivity index (χ1v) is 7.44. The van der Waals surface area contributed by atoms with Gasteiger partial charge in [-0.05, 0) is 31.0 Å². The molecule has 0 spiro atoms. The molecule has 1 fully saturated rings. The Morgan fingerprint density at radius 2 is 2.04 bits per heavy atom. The average molecular weight is 326 g/mol. The summed E-state index contributed by atoms with van der Waals surface area (Å²) >= 11 is 0. The van der Waals surface area contributed by atoms with Gasteiger partial charge in [-0.3, -0.25) is 9.59 Å². The molecule has 23 heavy (non-hydrogen) atoms. The molecule has 126 valence electrons. The molecule has 2 unspecified atom stereocenters. The van der Waals surface area contributed by atoms with Gasteiger partial charge in [0.1, 0.15) is 17.7 Å². The Kier molecular flexibility index (Phi) is 5.65. The molecule has 1 heterocycles. The Morgan fingerprint density at radius 1 is 1.30 bits per heavy atom. The lowest BCUT2D eigenvalue weighted by Crippen LogP contribution is -2.36. The quantitative estimate of drug-likeness (QED) is 0.886. The van der Waals surface area contributed by atoms with E-state index < -0.39 is 23.6 Å². The Hall–Kier alpha value is -2.02. The van der Waals surface area contributed by atoms with Gasteiger partial charge in [0.15, 0.2) is 0 Å². The summed E-state index contributed by atoms with van der Waals surface area (Å²) < 4.78 is 32.1. The van der Waals surface area contributed by atoms with Crippen LogP contribution in [0.15, 0.2) is 18.2 Å². The number of halogens is 2. The number of carbonyl (C=O) groups excluding carboxylic acids is 2. The van der Waals surface area contributed by atoms with Gasteiger partial charge in [0.25, 0.3) is 5.91 Å². The van der Waals surface area contributed by atoms with Crippen LogP contribution in [-0.2, 0) is 20.7 Å². The number of amides is 2. The van der Waals surface area contributed by atoms with Gasteiger partial charge in [-0.1, -0.05) is 0 Å². The monoisotopic (exact) mass is 326 g/mol. The van der Waals surface area contributed by atoms with Crippen LogP contribution in [0, 0.1) is 11.6 Å². The second-order valence-electron chi connectivity index (χ2n) is 5.77. The van der Waals surface area contributed by atoms with Crippen molar-refractivity contribution in [3.8, 4) is 0 Å². The summed E-state index contributed by atoms with van der Waals surface area (Å²) in [5, 5.41) is 2.63. The molecule has 7 heteroatoms. The molecule has 0 bridgehead atoms. The van der Waals surface area contributed by atoms with Crippen molar-refractivity contribution >= 4 is 11.8 Å². The Morgan fingerprint density at radius 3 is 2.74 bits per heavy atom. The molecule has 0 radical (unpaired) electrons. The molecule has 2 atom stereocenters. The molecule has 2 rings (SSSR count). The predicted molar refractivity (Wildman–Crippen MR) is 79.7 cm³/mol. The number of benzene rings is 1. The maximum absolute atomic E-state index is 13.5. The molecule has 1 aliphatic rings. The second kappa shape index (κ2) is 7.50. The van der Waals surface area contributed by atoms with Gasteiger partial charge in [0.2, 0.25) is 5.91 Å². The standard InChI is InChI=1S/C16H20F2N2O3/c1-20(2)16(22)14-6-4-12(23-14)9-19-15(21)8-10-7-11(17)3-5-13(10)18/h3,5,7,12,14H,4,6,8-9H2,1-2H3,(H,19,21). The first-order chi connectivity index (χ1) is 10.9. The average Bonchev–Trinajstić information content (AvgIpc) is 2.97. The van der Waals surface area contributed by atoms with E-state index in [1.54, 1.807) is 14.1 Å². The van der Waals surface area contributed by atoms with Crippen LogP contribution in [0.4, 0.5) is 8.78 Å². The van der Waals surface area contributed by atoms with Crippen LogP contribution in [0.1, 0.15) is 18.4 Å². The molecule has 0 aliphatic carbocycles. The van der Waals surface area contributed by atoms with Crippen LogP contribution in [0.25, 0.3) is 0 Å². The van der Waals surface area contributed by atoms with Crippen LogP contribution < -0.4 is 5.32 Å². The van der Waals surface area contributed by atoms with Crippen molar-refractivity contribution in [2.24, 2.45) is 0 Å². The molecule has 5 nitrogen and oxygen atoms in total. The van der Waals surface area contributed by atoms with Gasteiger partial charge >= 0.3 is 0 Å². The summed E-state index contributed by atoms with van der Waals surface area (Å²) in [6, 6.07) is 3.01. The first kappa shape index (κ1) is 17.3. The summed E-state index contributed by atoms with van der Waals surface area (Å²) in [6.45, 7) is 0.243. The van der Waals surface area contributed by atoms with Crippen molar-refractivity contribution < 1.29 is 23.1 Å². The van der Waals surface area contributed by atoms with E-state index in [0.717, 1.165) is 18.2 Å². The van der Waals surface area contributed by atoms with E-state index in [0.29, 0.717) is 12.8 Å². The maximum atomic E-state index is 13.5. The van der Waals surface area contributed by atoms with Gasteiger partial charge in [-0.25, -0.2) is 8.78 Å². The number of hydrogen-bond donors (Lipinski definition) is 1. The largest absolute Gasteiger partial charge is 0.363 e. The van der Waals surface area contributed by atoms with Crippen molar-refractivity contribution in [1.29, 1.82) is 0 Å². The number of ether oxygens (including phenoxy) is 1. The molecule has 1 aliphatic heterocycles. The van der Waals surface area contributed by atoms with Crippen molar-refractivity contribution in [2.45, 2.75) is 31.5 Å². The number of likely N-dealkylation sites (N-methyl/N-ethyl adjacent to an activating group) is 1. The lowest BCUT2D eigenvalue weighted by Gasteiger charge is -2.17. The first-order valence-electron chi connectivity index (χ1n) is 7.44. The van der Waals surface area contributed by atoms with E-state index in [4.69, 9.17) is 4.74 Å². The SMILES string of the molecule is CN(C)C(=O)C1CCC(CNC(=O)Cc2cc(F)ccc2F)O1. The highest BCUT2D eigenvalue weighted by Gasteiger charge is 2.31. The minimum Gasteiger partial charge on any atom is -0.363 e. The van der Waals surface area contributed by atoms with Gasteiger partial charge in [-0.2, -0.15) is 0 Å². The Labute approximate surface area is 133 Å². The number of rotatable bonds is 5. The highest BCUT2D eigenvalue weighted by atomic mass is 19.1. The molecule has 1 N–H and O–H groups in total. The molecule has 0 saturated carbocycles. The molecular formula is C16H20F2N2O3. The minimum atomic E-state index is -0.615. The van der Waals surface area contributed by atoms with E-state index in [1.807, 2.05) is 0 Å². The number of hydrogen-bond acceptors (Lipinski definition) is 3. The van der Waals surface area contributed by atoms with Crippen LogP contribution >= 0.6 is 0 Å². The van der Waals surface area contributed by atoms with Crippen molar-refractivity contribution in [3.05, 3.63) is 35.4 Å². The number of nitrogens with zero attached hydrogens (tertiary/aromatic N) is 1. The highest BCUT2D eigenvalue weighted by Crippen LogP contribution is 2.20. The highest BCUT2D eigenvalue weighted by molar-refractivity contribution is 5.80. The van der Waals surface area contributed by atoms with Crippen LogP contribution in [-0.4, -0.2) is 49.6 Å². The zero-order valence-electron chi connectivity index (χ0n) is 13.1. The van der Waals surface area contributed by atoms with Crippen LogP contribution in [0.5, 0.6) is 0 Å². The van der Waals surface area contributed by atoms with Crippen molar-refractivity contribution in [1.82, 2.24) is 10.2 Å². The lowest BCUT2D eigenvalue weighted by molar-refractivity contribution is -0.140. The summed E-state index contributed by atoms with van der Waals surface area (Å²) in [6.07, 6.45) is 0.309. The fraction of sp³-hybridized carbons (Fsp3) is 0.500. The zero-order valence-corrected chi connectivity index (χ0v) is 13.1. The smallest absolute Gasteiger partial charge is 0.251 e. The Bertz CT molecular complexity index is 593. The molecule has 1 aromatic carbocycles. The van der Waals surface area contributed by atoms with Gasteiger partial charge in [0, 0.05) is 26.2 Å². The van der Waals surface area contributed by atoms with Gasteiger partial charge in [0.05, 0.1) is 12.5 Å². The van der Waals surface area contributed by atoms with Crippen molar-refractivity contribution in [2.75, 3.05) is 20.6 Å². The summed E-state index contributed by atoms with van der Waals surface area (Å²) in [5.41, 5.74) is 0.00972. The molecule has 1 saturated heterocycles. The summed E-state index contributed by atoms with van der Waals surface area (Å²) in [5.74, 6) is -1.71. The third-order valence-electron chi connectivity index (χ3n) is 3.71. The van der Waals surface area contributed by atoms with Crippen molar-refractivity contribution in [3.63, 3.8) is 0 Å². The predicted octanol–water partition coefficient (Wildman–Crippen LogP) is 1.26. The number of carbonyl (C=O) groups is 2. The maximum Gasteiger partial charge on any atom is 0.251 e. The lowest BCUT2D eigenvalue weighted by atomic mass is 10.1. The fourth-order valence-electron chi connectivity index (χ4n) is 2.47. The van der Waals surface area contributed by atoms with E-state index in [9.17, 15) is 18.4 Å². The molecule has 2 amide bonds. The van der Waals surface area contributed by atoms with E-state index >= 15 is 0 Å². The van der Waals surface area contributed by atoms with Crippen LogP contribution in [0.3, 0.4) is 0 Å². The second-order valence-corrected chi connectivity index (χ2v) is 5.77. The molecular weight excluding hydrogens is 306 g/mol.